The Morgan fingerprint density at radius 3 is 3.00 bits per heavy atom. The fraction of sp³-hybridized carbons (Fsp3) is 0.273. The number of hydrogen-bond donors (Lipinski definition) is 1. The number of ether oxygens (including phenoxy) is 1. The van der Waals surface area contributed by atoms with Crippen LogP contribution < -0.4 is 10.1 Å². The van der Waals surface area contributed by atoms with Crippen molar-refractivity contribution >= 4 is 17.3 Å². The average molecular weight is 235 g/mol. The van der Waals surface area contributed by atoms with Crippen molar-refractivity contribution in [2.75, 3.05) is 12.4 Å². The maximum Gasteiger partial charge on any atom is 0.225 e. The van der Waals surface area contributed by atoms with Gasteiger partial charge in [-0.25, -0.2) is 4.98 Å². The lowest BCUT2D eigenvalue weighted by atomic mass is 10.4. The number of anilines is 1. The van der Waals surface area contributed by atoms with Crippen molar-refractivity contribution in [2.24, 2.45) is 0 Å². The Kier molecular flexibility index (Phi) is 3.36. The molecule has 5 heteroatoms. The van der Waals surface area contributed by atoms with Crippen LogP contribution in [0.15, 0.2) is 23.6 Å². The van der Waals surface area contributed by atoms with Gasteiger partial charge in [0.2, 0.25) is 11.8 Å². The van der Waals surface area contributed by atoms with E-state index in [1.165, 1.54) is 4.88 Å². The van der Waals surface area contributed by atoms with Crippen molar-refractivity contribution in [3.05, 3.63) is 34.2 Å². The zero-order valence-electron chi connectivity index (χ0n) is 9.23. The Bertz CT molecular complexity index is 456. The molecule has 0 aliphatic carbocycles. The molecule has 84 valence electrons. The molecule has 2 aromatic heterocycles. The normalized spacial score (nSPS) is 10.1. The molecule has 2 heterocycles. The third-order valence-electron chi connectivity index (χ3n) is 2.00. The molecule has 0 radical (unpaired) electrons. The van der Waals surface area contributed by atoms with E-state index in [4.69, 9.17) is 4.74 Å². The molecule has 0 unspecified atom stereocenters. The van der Waals surface area contributed by atoms with Gasteiger partial charge in [0.1, 0.15) is 6.61 Å². The molecule has 4 nitrogen and oxygen atoms in total. The fourth-order valence-electron chi connectivity index (χ4n) is 1.27. The highest BCUT2D eigenvalue weighted by Gasteiger charge is 2.02. The molecular weight excluding hydrogens is 222 g/mol. The Morgan fingerprint density at radius 1 is 1.44 bits per heavy atom. The standard InChI is InChI=1S/C11H13N3OS/c1-8-6-10(14-11(12-2)13-8)15-7-9-4-3-5-16-9/h3-6H,7H2,1-2H3,(H,12,13,14). The second-order valence-corrected chi connectivity index (χ2v) is 4.32. The highest BCUT2D eigenvalue weighted by molar-refractivity contribution is 7.09. The van der Waals surface area contributed by atoms with E-state index in [9.17, 15) is 0 Å². The molecular formula is C11H13N3OS. The lowest BCUT2D eigenvalue weighted by Crippen LogP contribution is -2.01. The second-order valence-electron chi connectivity index (χ2n) is 3.29. The number of hydrogen-bond acceptors (Lipinski definition) is 5. The van der Waals surface area contributed by atoms with Gasteiger partial charge in [-0.3, -0.25) is 0 Å². The minimum Gasteiger partial charge on any atom is -0.472 e. The van der Waals surface area contributed by atoms with E-state index >= 15 is 0 Å². The average Bonchev–Trinajstić information content (AvgIpc) is 2.78. The minimum atomic E-state index is 0.553. The number of rotatable bonds is 4. The van der Waals surface area contributed by atoms with Crippen LogP contribution in [0.5, 0.6) is 5.88 Å². The van der Waals surface area contributed by atoms with Gasteiger partial charge < -0.3 is 10.1 Å². The SMILES string of the molecule is CNc1nc(C)cc(OCc2cccs2)n1. The van der Waals surface area contributed by atoms with E-state index in [0.717, 1.165) is 5.69 Å². The highest BCUT2D eigenvalue weighted by atomic mass is 32.1. The molecule has 0 aliphatic rings. The maximum absolute atomic E-state index is 5.59. The highest BCUT2D eigenvalue weighted by Crippen LogP contribution is 2.15. The van der Waals surface area contributed by atoms with Gasteiger partial charge in [-0.1, -0.05) is 6.07 Å². The predicted octanol–water partition coefficient (Wildman–Crippen LogP) is 2.47. The first-order chi connectivity index (χ1) is 7.78. The van der Waals surface area contributed by atoms with E-state index in [1.54, 1.807) is 18.4 Å². The summed E-state index contributed by atoms with van der Waals surface area (Å²) in [5, 5.41) is 4.93. The predicted molar refractivity (Wildman–Crippen MR) is 65.0 cm³/mol. The van der Waals surface area contributed by atoms with Crippen LogP contribution in [0.4, 0.5) is 5.95 Å². The molecule has 16 heavy (non-hydrogen) atoms. The zero-order chi connectivity index (χ0) is 11.4. The van der Waals surface area contributed by atoms with Crippen molar-refractivity contribution in [2.45, 2.75) is 13.5 Å². The van der Waals surface area contributed by atoms with E-state index in [1.807, 2.05) is 30.5 Å². The quantitative estimate of drug-likeness (QED) is 0.884. The second kappa shape index (κ2) is 4.94. The zero-order valence-corrected chi connectivity index (χ0v) is 10.0. The van der Waals surface area contributed by atoms with Gasteiger partial charge in [0, 0.05) is 23.7 Å². The van der Waals surface area contributed by atoms with Crippen LogP contribution in [0.1, 0.15) is 10.6 Å². The number of aromatic nitrogens is 2. The molecule has 0 aliphatic heterocycles. The summed E-state index contributed by atoms with van der Waals surface area (Å²) in [5.74, 6) is 1.19. The van der Waals surface area contributed by atoms with Crippen LogP contribution >= 0.6 is 11.3 Å². The Labute approximate surface area is 98.3 Å². The Morgan fingerprint density at radius 2 is 2.31 bits per heavy atom. The van der Waals surface area contributed by atoms with Crippen molar-refractivity contribution in [1.29, 1.82) is 0 Å². The molecule has 0 atom stereocenters. The largest absolute Gasteiger partial charge is 0.472 e. The first-order valence-corrected chi connectivity index (χ1v) is 5.84. The summed E-state index contributed by atoms with van der Waals surface area (Å²) in [5.41, 5.74) is 0.889. The molecule has 0 amide bonds. The maximum atomic E-state index is 5.59. The minimum absolute atomic E-state index is 0.553. The lowest BCUT2D eigenvalue weighted by Gasteiger charge is -2.06. The van der Waals surface area contributed by atoms with Crippen LogP contribution in [0.3, 0.4) is 0 Å². The first-order valence-electron chi connectivity index (χ1n) is 4.96. The summed E-state index contributed by atoms with van der Waals surface area (Å²) >= 11 is 1.67. The van der Waals surface area contributed by atoms with Gasteiger partial charge in [0.05, 0.1) is 0 Å². The monoisotopic (exact) mass is 235 g/mol. The molecule has 0 saturated carbocycles. The van der Waals surface area contributed by atoms with E-state index in [0.29, 0.717) is 18.4 Å². The van der Waals surface area contributed by atoms with Crippen molar-refractivity contribution < 1.29 is 4.74 Å². The fourth-order valence-corrected chi connectivity index (χ4v) is 1.88. The molecule has 0 aromatic carbocycles. The summed E-state index contributed by atoms with van der Waals surface area (Å²) in [6, 6.07) is 5.87. The van der Waals surface area contributed by atoms with Gasteiger partial charge in [-0.15, -0.1) is 11.3 Å². The van der Waals surface area contributed by atoms with Crippen molar-refractivity contribution in [3.63, 3.8) is 0 Å². The number of nitrogens with zero attached hydrogens (tertiary/aromatic N) is 2. The van der Waals surface area contributed by atoms with Crippen LogP contribution in [0.2, 0.25) is 0 Å². The molecule has 0 saturated heterocycles. The van der Waals surface area contributed by atoms with Gasteiger partial charge in [0.25, 0.3) is 0 Å². The number of aryl methyl sites for hydroxylation is 1. The third kappa shape index (κ3) is 2.70. The van der Waals surface area contributed by atoms with Gasteiger partial charge in [-0.2, -0.15) is 4.98 Å². The lowest BCUT2D eigenvalue weighted by molar-refractivity contribution is 0.297. The summed E-state index contributed by atoms with van der Waals surface area (Å²) in [6.07, 6.45) is 0. The topological polar surface area (TPSA) is 47.0 Å². The van der Waals surface area contributed by atoms with Crippen LogP contribution in [-0.4, -0.2) is 17.0 Å². The van der Waals surface area contributed by atoms with Crippen LogP contribution in [0.25, 0.3) is 0 Å². The smallest absolute Gasteiger partial charge is 0.225 e. The Hall–Kier alpha value is -1.62. The summed E-state index contributed by atoms with van der Waals surface area (Å²) in [6.45, 7) is 2.47. The molecule has 0 bridgehead atoms. The van der Waals surface area contributed by atoms with E-state index in [2.05, 4.69) is 15.3 Å². The summed E-state index contributed by atoms with van der Waals surface area (Å²) < 4.78 is 5.59. The number of thiophene rings is 1. The summed E-state index contributed by atoms with van der Waals surface area (Å²) in [7, 11) is 1.79. The third-order valence-corrected chi connectivity index (χ3v) is 2.85. The first kappa shape index (κ1) is 10.9. The molecule has 2 rings (SSSR count). The molecule has 0 spiro atoms. The van der Waals surface area contributed by atoms with Gasteiger partial charge in [0.15, 0.2) is 0 Å². The van der Waals surface area contributed by atoms with Crippen LogP contribution in [0, 0.1) is 6.92 Å². The molecule has 2 aromatic rings. The number of nitrogens with one attached hydrogen (secondary N) is 1. The van der Waals surface area contributed by atoms with Gasteiger partial charge >= 0.3 is 0 Å². The van der Waals surface area contributed by atoms with Crippen LogP contribution in [-0.2, 0) is 6.61 Å². The molecule has 1 N–H and O–H groups in total. The summed E-state index contributed by atoms with van der Waals surface area (Å²) in [4.78, 5) is 9.59. The van der Waals surface area contributed by atoms with E-state index in [-0.39, 0.29) is 0 Å². The van der Waals surface area contributed by atoms with Gasteiger partial charge in [-0.05, 0) is 18.4 Å². The van der Waals surface area contributed by atoms with E-state index < -0.39 is 0 Å². The molecule has 0 fully saturated rings. The van der Waals surface area contributed by atoms with Crippen molar-refractivity contribution in [1.82, 2.24) is 9.97 Å². The Balaban J connectivity index is 2.06. The van der Waals surface area contributed by atoms with Crippen molar-refractivity contribution in [3.8, 4) is 5.88 Å².